The van der Waals surface area contributed by atoms with E-state index in [1.807, 2.05) is 18.7 Å². The molecule has 23 heavy (non-hydrogen) atoms. The first-order valence-corrected chi connectivity index (χ1v) is 8.38. The summed E-state index contributed by atoms with van der Waals surface area (Å²) in [5.74, 6) is -0.456. The van der Waals surface area contributed by atoms with Gasteiger partial charge in [-0.3, -0.25) is 9.59 Å². The molecule has 0 aromatic heterocycles. The van der Waals surface area contributed by atoms with Gasteiger partial charge in [-0.1, -0.05) is 25.4 Å². The molecule has 2 amide bonds. The molecule has 0 N–H and O–H groups in total. The maximum absolute atomic E-state index is 13.1. The molecule has 1 aliphatic rings. The van der Waals surface area contributed by atoms with Crippen molar-refractivity contribution >= 4 is 23.4 Å². The quantitative estimate of drug-likeness (QED) is 0.844. The first-order valence-electron chi connectivity index (χ1n) is 8.01. The molecule has 2 rings (SSSR count). The molecule has 0 spiro atoms. The number of halogens is 2. The zero-order chi connectivity index (χ0) is 17.0. The standard InChI is InChI=1S/C17H22ClFN2O2/c1-3-12(4-2)16(22)20-7-9-21(10-8-20)17(23)14-6-5-13(19)11-15(14)18/h5-6,11-12H,3-4,7-10H2,1-2H3. The van der Waals surface area contributed by atoms with Crippen LogP contribution in [0.5, 0.6) is 0 Å². The van der Waals surface area contributed by atoms with Crippen LogP contribution in [0.4, 0.5) is 4.39 Å². The molecule has 0 bridgehead atoms. The molecule has 0 aliphatic carbocycles. The number of benzene rings is 1. The van der Waals surface area contributed by atoms with E-state index in [2.05, 4.69) is 0 Å². The third-order valence-electron chi connectivity index (χ3n) is 4.37. The Hall–Kier alpha value is -1.62. The van der Waals surface area contributed by atoms with Gasteiger partial charge in [0.2, 0.25) is 5.91 Å². The predicted octanol–water partition coefficient (Wildman–Crippen LogP) is 3.20. The van der Waals surface area contributed by atoms with Crippen molar-refractivity contribution in [3.63, 3.8) is 0 Å². The smallest absolute Gasteiger partial charge is 0.255 e. The molecule has 0 unspecified atom stereocenters. The number of rotatable bonds is 4. The van der Waals surface area contributed by atoms with Gasteiger partial charge in [-0.05, 0) is 31.0 Å². The number of piperazine rings is 1. The van der Waals surface area contributed by atoms with Gasteiger partial charge in [0.25, 0.3) is 5.91 Å². The summed E-state index contributed by atoms with van der Waals surface area (Å²) in [6, 6.07) is 3.77. The van der Waals surface area contributed by atoms with Crippen LogP contribution in [0, 0.1) is 11.7 Å². The normalized spacial score (nSPS) is 15.2. The van der Waals surface area contributed by atoms with Crippen molar-refractivity contribution in [1.29, 1.82) is 0 Å². The van der Waals surface area contributed by atoms with Gasteiger partial charge in [0.1, 0.15) is 5.82 Å². The molecule has 0 saturated carbocycles. The number of hydrogen-bond donors (Lipinski definition) is 0. The first kappa shape index (κ1) is 17.7. The van der Waals surface area contributed by atoms with Gasteiger partial charge < -0.3 is 9.80 Å². The average molecular weight is 341 g/mol. The Balaban J connectivity index is 1.98. The minimum Gasteiger partial charge on any atom is -0.339 e. The third kappa shape index (κ3) is 4.02. The Kier molecular flexibility index (Phi) is 5.99. The fourth-order valence-corrected chi connectivity index (χ4v) is 3.11. The molecule has 4 nitrogen and oxygen atoms in total. The molecule has 6 heteroatoms. The summed E-state index contributed by atoms with van der Waals surface area (Å²) in [6.07, 6.45) is 1.67. The van der Waals surface area contributed by atoms with E-state index in [4.69, 9.17) is 11.6 Å². The summed E-state index contributed by atoms with van der Waals surface area (Å²) in [4.78, 5) is 28.3. The Labute approximate surface area is 141 Å². The average Bonchev–Trinajstić information content (AvgIpc) is 2.55. The molecule has 1 aliphatic heterocycles. The summed E-state index contributed by atoms with van der Waals surface area (Å²) in [5.41, 5.74) is 0.299. The van der Waals surface area contributed by atoms with Crippen molar-refractivity contribution < 1.29 is 14.0 Å². The molecule has 0 radical (unpaired) electrons. The zero-order valence-corrected chi connectivity index (χ0v) is 14.3. The highest BCUT2D eigenvalue weighted by Crippen LogP contribution is 2.20. The van der Waals surface area contributed by atoms with Gasteiger partial charge in [-0.2, -0.15) is 0 Å². The van der Waals surface area contributed by atoms with Crippen LogP contribution in [0.15, 0.2) is 18.2 Å². The summed E-state index contributed by atoms with van der Waals surface area (Å²) < 4.78 is 13.1. The monoisotopic (exact) mass is 340 g/mol. The SMILES string of the molecule is CCC(CC)C(=O)N1CCN(C(=O)c2ccc(F)cc2Cl)CC1. The van der Waals surface area contributed by atoms with Crippen LogP contribution in [-0.4, -0.2) is 47.8 Å². The van der Waals surface area contributed by atoms with Gasteiger partial charge in [0.05, 0.1) is 10.6 Å². The highest BCUT2D eigenvalue weighted by Gasteiger charge is 2.28. The van der Waals surface area contributed by atoms with Crippen LogP contribution in [-0.2, 0) is 4.79 Å². The lowest BCUT2D eigenvalue weighted by atomic mass is 10.0. The fourth-order valence-electron chi connectivity index (χ4n) is 2.86. The Morgan fingerprint density at radius 1 is 1.13 bits per heavy atom. The topological polar surface area (TPSA) is 40.6 Å². The van der Waals surface area contributed by atoms with Gasteiger partial charge >= 0.3 is 0 Å². The number of amides is 2. The number of carbonyl (C=O) groups is 2. The number of nitrogens with zero attached hydrogens (tertiary/aromatic N) is 2. The zero-order valence-electron chi connectivity index (χ0n) is 13.5. The second-order valence-electron chi connectivity index (χ2n) is 5.76. The van der Waals surface area contributed by atoms with E-state index < -0.39 is 5.82 Å². The molecule has 0 atom stereocenters. The Morgan fingerprint density at radius 2 is 1.70 bits per heavy atom. The van der Waals surface area contributed by atoms with E-state index in [-0.39, 0.29) is 22.8 Å². The van der Waals surface area contributed by atoms with Crippen LogP contribution < -0.4 is 0 Å². The Morgan fingerprint density at radius 3 is 2.22 bits per heavy atom. The van der Waals surface area contributed by atoms with E-state index in [1.165, 1.54) is 12.1 Å². The second-order valence-corrected chi connectivity index (χ2v) is 6.16. The van der Waals surface area contributed by atoms with Crippen LogP contribution in [0.1, 0.15) is 37.0 Å². The molecular weight excluding hydrogens is 319 g/mol. The van der Waals surface area contributed by atoms with Crippen LogP contribution in [0.2, 0.25) is 5.02 Å². The molecule has 1 heterocycles. The number of carbonyl (C=O) groups excluding carboxylic acids is 2. The second kappa shape index (κ2) is 7.77. The van der Waals surface area contributed by atoms with E-state index in [0.717, 1.165) is 18.9 Å². The lowest BCUT2D eigenvalue weighted by Gasteiger charge is -2.36. The molecule has 126 valence electrons. The minimum atomic E-state index is -0.466. The van der Waals surface area contributed by atoms with Crippen LogP contribution >= 0.6 is 11.6 Å². The van der Waals surface area contributed by atoms with Gasteiger partial charge in [0.15, 0.2) is 0 Å². The highest BCUT2D eigenvalue weighted by atomic mass is 35.5. The van der Waals surface area contributed by atoms with Crippen LogP contribution in [0.25, 0.3) is 0 Å². The maximum Gasteiger partial charge on any atom is 0.255 e. The molecule has 1 aromatic carbocycles. The van der Waals surface area contributed by atoms with Gasteiger partial charge in [-0.25, -0.2) is 4.39 Å². The van der Waals surface area contributed by atoms with Crippen molar-refractivity contribution in [2.24, 2.45) is 5.92 Å². The fraction of sp³-hybridized carbons (Fsp3) is 0.529. The van der Waals surface area contributed by atoms with Crippen molar-refractivity contribution in [3.8, 4) is 0 Å². The first-order chi connectivity index (χ1) is 11.0. The maximum atomic E-state index is 13.1. The number of hydrogen-bond acceptors (Lipinski definition) is 2. The highest BCUT2D eigenvalue weighted by molar-refractivity contribution is 6.33. The predicted molar refractivity (Wildman–Crippen MR) is 88.0 cm³/mol. The summed E-state index contributed by atoms with van der Waals surface area (Å²) in [5, 5.41) is 0.116. The van der Waals surface area contributed by atoms with Crippen molar-refractivity contribution in [3.05, 3.63) is 34.6 Å². The van der Waals surface area contributed by atoms with E-state index in [9.17, 15) is 14.0 Å². The van der Waals surface area contributed by atoms with Gasteiger partial charge in [-0.15, -0.1) is 0 Å². The minimum absolute atomic E-state index is 0.0591. The lowest BCUT2D eigenvalue weighted by Crippen LogP contribution is -2.52. The Bertz CT molecular complexity index is 582. The van der Waals surface area contributed by atoms with E-state index >= 15 is 0 Å². The molecule has 1 aromatic rings. The summed E-state index contributed by atoms with van der Waals surface area (Å²) in [6.45, 7) is 6.03. The summed E-state index contributed by atoms with van der Waals surface area (Å²) in [7, 11) is 0. The van der Waals surface area contributed by atoms with Crippen molar-refractivity contribution in [2.75, 3.05) is 26.2 Å². The lowest BCUT2D eigenvalue weighted by molar-refractivity contribution is -0.137. The third-order valence-corrected chi connectivity index (χ3v) is 4.69. The summed E-state index contributed by atoms with van der Waals surface area (Å²) >= 11 is 5.95. The van der Waals surface area contributed by atoms with Crippen molar-refractivity contribution in [2.45, 2.75) is 26.7 Å². The molecule has 1 saturated heterocycles. The van der Waals surface area contributed by atoms with E-state index in [0.29, 0.717) is 31.7 Å². The van der Waals surface area contributed by atoms with Gasteiger partial charge in [0, 0.05) is 32.1 Å². The van der Waals surface area contributed by atoms with E-state index in [1.54, 1.807) is 4.90 Å². The van der Waals surface area contributed by atoms with Crippen molar-refractivity contribution in [1.82, 2.24) is 9.80 Å². The molecule has 1 fully saturated rings. The largest absolute Gasteiger partial charge is 0.339 e. The van der Waals surface area contributed by atoms with Crippen LogP contribution in [0.3, 0.4) is 0 Å². The molecular formula is C17H22ClFN2O2.